The van der Waals surface area contributed by atoms with Gasteiger partial charge in [0.05, 0.1) is 12.3 Å². The van der Waals surface area contributed by atoms with E-state index in [1.54, 1.807) is 4.90 Å². The zero-order valence-corrected chi connectivity index (χ0v) is 14.6. The number of carbonyl (C=O) groups is 1. The van der Waals surface area contributed by atoms with E-state index in [-0.39, 0.29) is 6.09 Å². The van der Waals surface area contributed by atoms with Gasteiger partial charge in [-0.1, -0.05) is 11.6 Å². The van der Waals surface area contributed by atoms with Crippen molar-refractivity contribution in [2.45, 2.75) is 32.7 Å². The molecule has 0 aromatic heterocycles. The predicted octanol–water partition coefficient (Wildman–Crippen LogP) is 4.44. The average molecular weight is 376 g/mol. The Labute approximate surface area is 138 Å². The number of hydrogen-bond donors (Lipinski definition) is 1. The third-order valence-electron chi connectivity index (χ3n) is 3.63. The first-order valence-corrected chi connectivity index (χ1v) is 8.32. The molecule has 4 nitrogen and oxygen atoms in total. The van der Waals surface area contributed by atoms with E-state index in [1.165, 1.54) is 0 Å². The number of ether oxygens (including phenoxy) is 1. The van der Waals surface area contributed by atoms with Crippen molar-refractivity contribution in [3.05, 3.63) is 27.2 Å². The highest BCUT2D eigenvalue weighted by Gasteiger charge is 2.23. The highest BCUT2D eigenvalue weighted by Crippen LogP contribution is 2.30. The maximum atomic E-state index is 11.7. The Morgan fingerprint density at radius 1 is 1.48 bits per heavy atom. The molecule has 0 aliphatic carbocycles. The second-order valence-electron chi connectivity index (χ2n) is 5.19. The Morgan fingerprint density at radius 3 is 2.76 bits per heavy atom. The van der Waals surface area contributed by atoms with Crippen LogP contribution in [0.25, 0.3) is 0 Å². The summed E-state index contributed by atoms with van der Waals surface area (Å²) >= 11 is 9.73. The first kappa shape index (κ1) is 16.4. The highest BCUT2D eigenvalue weighted by molar-refractivity contribution is 9.10. The molecule has 0 saturated carbocycles. The number of halogens is 2. The van der Waals surface area contributed by atoms with E-state index in [1.807, 2.05) is 26.0 Å². The van der Waals surface area contributed by atoms with E-state index in [0.717, 1.165) is 33.6 Å². The van der Waals surface area contributed by atoms with Gasteiger partial charge in [0.25, 0.3) is 0 Å². The quantitative estimate of drug-likeness (QED) is 0.849. The van der Waals surface area contributed by atoms with Gasteiger partial charge in [0, 0.05) is 28.6 Å². The minimum Gasteiger partial charge on any atom is -0.450 e. The minimum atomic E-state index is -0.212. The van der Waals surface area contributed by atoms with Crippen molar-refractivity contribution in [2.24, 2.45) is 0 Å². The Hall–Kier alpha value is -0.940. The number of hydrogen-bond acceptors (Lipinski definition) is 3. The minimum absolute atomic E-state index is 0.212. The summed E-state index contributed by atoms with van der Waals surface area (Å²) in [5.74, 6) is 0. The predicted molar refractivity (Wildman–Crippen MR) is 89.1 cm³/mol. The molecule has 1 aromatic rings. The summed E-state index contributed by atoms with van der Waals surface area (Å²) in [6.07, 6.45) is 1.59. The fraction of sp³-hybridized carbons (Fsp3) is 0.533. The van der Waals surface area contributed by atoms with Crippen LogP contribution in [-0.4, -0.2) is 36.7 Å². The van der Waals surface area contributed by atoms with Crippen molar-refractivity contribution in [1.82, 2.24) is 4.90 Å². The van der Waals surface area contributed by atoms with E-state index in [0.29, 0.717) is 25.7 Å². The van der Waals surface area contributed by atoms with E-state index in [2.05, 4.69) is 21.2 Å². The lowest BCUT2D eigenvalue weighted by atomic mass is 10.0. The normalized spacial score (nSPS) is 15.9. The molecule has 1 heterocycles. The van der Waals surface area contributed by atoms with Crippen LogP contribution in [0.2, 0.25) is 5.02 Å². The van der Waals surface area contributed by atoms with Crippen molar-refractivity contribution < 1.29 is 9.53 Å². The number of aryl methyl sites for hydroxylation is 1. The molecule has 1 saturated heterocycles. The second kappa shape index (κ2) is 7.36. The number of nitrogens with zero attached hydrogens (tertiary/aromatic N) is 1. The van der Waals surface area contributed by atoms with Crippen LogP contribution in [0.5, 0.6) is 0 Å². The molecule has 0 radical (unpaired) electrons. The molecule has 1 amide bonds. The Balaban J connectivity index is 1.92. The number of likely N-dealkylation sites (tertiary alicyclic amines) is 1. The molecular formula is C15H20BrClN2O2. The molecule has 0 spiro atoms. The van der Waals surface area contributed by atoms with E-state index < -0.39 is 0 Å². The van der Waals surface area contributed by atoms with Crippen LogP contribution in [0.3, 0.4) is 0 Å². The van der Waals surface area contributed by atoms with Crippen LogP contribution in [0.1, 0.15) is 25.3 Å². The van der Waals surface area contributed by atoms with Crippen molar-refractivity contribution >= 4 is 39.3 Å². The van der Waals surface area contributed by atoms with Crippen LogP contribution in [0.15, 0.2) is 16.6 Å². The fourth-order valence-electron chi connectivity index (χ4n) is 2.40. The lowest BCUT2D eigenvalue weighted by Crippen LogP contribution is -2.42. The molecule has 116 valence electrons. The Kier molecular flexibility index (Phi) is 5.76. The lowest BCUT2D eigenvalue weighted by molar-refractivity contribution is 0.0983. The maximum absolute atomic E-state index is 11.7. The number of anilines is 1. The fourth-order valence-corrected chi connectivity index (χ4v) is 3.13. The molecule has 0 unspecified atom stereocenters. The van der Waals surface area contributed by atoms with Gasteiger partial charge in [-0.15, -0.1) is 0 Å². The third-order valence-corrected chi connectivity index (χ3v) is 4.69. The second-order valence-corrected chi connectivity index (χ2v) is 6.45. The van der Waals surface area contributed by atoms with Gasteiger partial charge in [-0.05, 0) is 60.3 Å². The lowest BCUT2D eigenvalue weighted by Gasteiger charge is -2.32. The van der Waals surface area contributed by atoms with Crippen LogP contribution >= 0.6 is 27.5 Å². The topological polar surface area (TPSA) is 41.6 Å². The summed E-state index contributed by atoms with van der Waals surface area (Å²) < 4.78 is 6.04. The van der Waals surface area contributed by atoms with Crippen molar-refractivity contribution in [3.8, 4) is 0 Å². The summed E-state index contributed by atoms with van der Waals surface area (Å²) in [5, 5.41) is 4.25. The molecule has 0 atom stereocenters. The largest absolute Gasteiger partial charge is 0.450 e. The maximum Gasteiger partial charge on any atom is 0.409 e. The van der Waals surface area contributed by atoms with Gasteiger partial charge in [0.15, 0.2) is 0 Å². The van der Waals surface area contributed by atoms with Crippen LogP contribution in [-0.2, 0) is 4.74 Å². The van der Waals surface area contributed by atoms with Gasteiger partial charge in [-0.25, -0.2) is 4.79 Å². The van der Waals surface area contributed by atoms with Gasteiger partial charge in [-0.2, -0.15) is 0 Å². The van der Waals surface area contributed by atoms with E-state index >= 15 is 0 Å². The number of amides is 1. The van der Waals surface area contributed by atoms with Crippen LogP contribution in [0, 0.1) is 6.92 Å². The van der Waals surface area contributed by atoms with Crippen molar-refractivity contribution in [3.63, 3.8) is 0 Å². The summed E-state index contributed by atoms with van der Waals surface area (Å²) in [5.41, 5.74) is 2.05. The number of carbonyl (C=O) groups excluding carboxylic acids is 1. The molecule has 2 rings (SSSR count). The molecule has 21 heavy (non-hydrogen) atoms. The van der Waals surface area contributed by atoms with Gasteiger partial charge in [-0.3, -0.25) is 0 Å². The number of piperidine rings is 1. The summed E-state index contributed by atoms with van der Waals surface area (Å²) in [4.78, 5) is 13.4. The zero-order chi connectivity index (χ0) is 15.4. The molecule has 1 aliphatic heterocycles. The van der Waals surface area contributed by atoms with E-state index in [4.69, 9.17) is 16.3 Å². The Morgan fingerprint density at radius 2 is 2.14 bits per heavy atom. The average Bonchev–Trinajstić information content (AvgIpc) is 2.46. The molecule has 0 bridgehead atoms. The molecule has 6 heteroatoms. The number of benzene rings is 1. The smallest absolute Gasteiger partial charge is 0.409 e. The third kappa shape index (κ3) is 4.27. The van der Waals surface area contributed by atoms with Crippen LogP contribution in [0.4, 0.5) is 10.5 Å². The SMILES string of the molecule is CCOC(=O)N1CCC(Nc2cc(Cl)c(C)cc2Br)CC1. The molecule has 1 fully saturated rings. The van der Waals surface area contributed by atoms with Crippen molar-refractivity contribution in [2.75, 3.05) is 25.0 Å². The summed E-state index contributed by atoms with van der Waals surface area (Å²) in [7, 11) is 0. The van der Waals surface area contributed by atoms with Gasteiger partial charge in [0.1, 0.15) is 0 Å². The molecule has 1 aliphatic rings. The zero-order valence-electron chi connectivity index (χ0n) is 12.3. The summed E-state index contributed by atoms with van der Waals surface area (Å²) in [6.45, 7) is 5.66. The van der Waals surface area contributed by atoms with Crippen LogP contribution < -0.4 is 5.32 Å². The van der Waals surface area contributed by atoms with Crippen molar-refractivity contribution in [1.29, 1.82) is 0 Å². The molecule has 1 N–H and O–H groups in total. The summed E-state index contributed by atoms with van der Waals surface area (Å²) in [6, 6.07) is 4.29. The number of nitrogens with one attached hydrogen (secondary N) is 1. The van der Waals surface area contributed by atoms with Gasteiger partial charge >= 0.3 is 6.09 Å². The van der Waals surface area contributed by atoms with Gasteiger partial charge in [0.2, 0.25) is 0 Å². The van der Waals surface area contributed by atoms with Gasteiger partial charge < -0.3 is 15.0 Å². The standard InChI is InChI=1S/C15H20BrClN2O2/c1-3-21-15(20)19-6-4-11(5-7-19)18-14-9-13(17)10(2)8-12(14)16/h8-9,11,18H,3-7H2,1-2H3. The highest BCUT2D eigenvalue weighted by atomic mass is 79.9. The molecule has 1 aromatic carbocycles. The van der Waals surface area contributed by atoms with E-state index in [9.17, 15) is 4.79 Å². The Bertz CT molecular complexity index is 517. The first-order valence-electron chi connectivity index (χ1n) is 7.15. The first-order chi connectivity index (χ1) is 10.0. The molecular weight excluding hydrogens is 356 g/mol. The monoisotopic (exact) mass is 374 g/mol. The number of rotatable bonds is 3.